The highest BCUT2D eigenvalue weighted by molar-refractivity contribution is 6.11. The predicted molar refractivity (Wildman–Crippen MR) is 227 cm³/mol. The van der Waals surface area contributed by atoms with Gasteiger partial charge < -0.3 is 45.8 Å². The standard InChI is InChI=1S/C23H29N3O3.C22H27N3O2/c1-4-23(2,3)25-14-16(27)15-29-21-11-6-5-8-18(21)22(28)26-20-10-7-9-19-17(20)12-13-24-19;1-22(2,3)24-13-7-15-27-20-11-5-4-8-17(20)21(26)25-19-10-6-9-18-16(19)12-14-23-18/h5-13,16,24-25,27H,4,14-15H2,1-3H3,(H,26,28);4-6,8-12,14,23-24H,7,13,15H2,1-3H3,(H,25,26). The molecule has 0 saturated carbocycles. The number of β-amino-alcohol motifs (C(OH)–C–C–N with tert-alkyl or cyclic N) is 1. The lowest BCUT2D eigenvalue weighted by Crippen LogP contribution is -2.44. The van der Waals surface area contributed by atoms with Gasteiger partial charge in [-0.1, -0.05) is 43.3 Å². The lowest BCUT2D eigenvalue weighted by molar-refractivity contribution is 0.0945. The van der Waals surface area contributed by atoms with E-state index in [1.54, 1.807) is 24.3 Å². The average Bonchev–Trinajstić information content (AvgIpc) is 3.88. The van der Waals surface area contributed by atoms with E-state index in [2.05, 4.69) is 72.8 Å². The summed E-state index contributed by atoms with van der Waals surface area (Å²) in [6.07, 6.45) is 4.86. The first-order valence-corrected chi connectivity index (χ1v) is 19.2. The molecule has 0 fully saturated rings. The molecule has 1 atom stereocenters. The van der Waals surface area contributed by atoms with Crippen molar-refractivity contribution >= 4 is 45.0 Å². The smallest absolute Gasteiger partial charge is 0.259 e. The van der Waals surface area contributed by atoms with E-state index < -0.39 is 6.10 Å². The number of aromatic nitrogens is 2. The van der Waals surface area contributed by atoms with Crippen molar-refractivity contribution < 1.29 is 24.2 Å². The number of aliphatic hydroxyl groups is 1. The minimum atomic E-state index is -0.675. The van der Waals surface area contributed by atoms with Gasteiger partial charge >= 0.3 is 0 Å². The van der Waals surface area contributed by atoms with Crippen LogP contribution in [0.15, 0.2) is 109 Å². The van der Waals surface area contributed by atoms with Gasteiger partial charge in [0.05, 0.1) is 29.1 Å². The molecular formula is C45H56N6O5. The number of rotatable bonds is 16. The Bertz CT molecular complexity index is 2180. The van der Waals surface area contributed by atoms with E-state index in [-0.39, 0.29) is 29.5 Å². The first kappa shape index (κ1) is 41.5. The summed E-state index contributed by atoms with van der Waals surface area (Å²) in [7, 11) is 0. The van der Waals surface area contributed by atoms with E-state index in [1.807, 2.05) is 85.2 Å². The molecule has 56 heavy (non-hydrogen) atoms. The summed E-state index contributed by atoms with van der Waals surface area (Å²) < 4.78 is 11.6. The van der Waals surface area contributed by atoms with E-state index in [1.165, 1.54) is 0 Å². The maximum Gasteiger partial charge on any atom is 0.259 e. The zero-order valence-electron chi connectivity index (χ0n) is 33.3. The number of benzene rings is 4. The second kappa shape index (κ2) is 19.3. The summed E-state index contributed by atoms with van der Waals surface area (Å²) in [5.74, 6) is 0.619. The van der Waals surface area contributed by atoms with Crippen LogP contribution in [-0.4, -0.2) is 70.4 Å². The number of carbonyl (C=O) groups excluding carboxylic acids is 2. The van der Waals surface area contributed by atoms with E-state index in [9.17, 15) is 14.7 Å². The van der Waals surface area contributed by atoms with Crippen molar-refractivity contribution in [2.24, 2.45) is 0 Å². The topological polar surface area (TPSA) is 153 Å². The van der Waals surface area contributed by atoms with Gasteiger partial charge in [0.2, 0.25) is 0 Å². The van der Waals surface area contributed by atoms with Crippen molar-refractivity contribution in [3.8, 4) is 11.5 Å². The summed E-state index contributed by atoms with van der Waals surface area (Å²) in [6, 6.07) is 29.8. The van der Waals surface area contributed by atoms with E-state index in [0.29, 0.717) is 35.8 Å². The Morgan fingerprint density at radius 2 is 1.20 bits per heavy atom. The highest BCUT2D eigenvalue weighted by Crippen LogP contribution is 2.27. The van der Waals surface area contributed by atoms with Crippen LogP contribution >= 0.6 is 0 Å². The predicted octanol–water partition coefficient (Wildman–Crippen LogP) is 8.52. The molecule has 0 radical (unpaired) electrons. The summed E-state index contributed by atoms with van der Waals surface area (Å²) in [6.45, 7) is 14.6. The molecular weight excluding hydrogens is 705 g/mol. The normalized spacial score (nSPS) is 12.1. The van der Waals surface area contributed by atoms with Crippen LogP contribution in [0, 0.1) is 0 Å². The van der Waals surface area contributed by atoms with Gasteiger partial charge in [-0.05, 0) is 115 Å². The van der Waals surface area contributed by atoms with Crippen molar-refractivity contribution in [1.82, 2.24) is 20.6 Å². The second-order valence-corrected chi connectivity index (χ2v) is 15.4. The Labute approximate surface area is 329 Å². The molecule has 7 N–H and O–H groups in total. The van der Waals surface area contributed by atoms with Gasteiger partial charge in [-0.3, -0.25) is 9.59 Å². The van der Waals surface area contributed by atoms with Crippen LogP contribution in [0.4, 0.5) is 11.4 Å². The Morgan fingerprint density at radius 3 is 1.71 bits per heavy atom. The molecule has 296 valence electrons. The Hall–Kier alpha value is -5.62. The number of fused-ring (bicyclic) bond motifs is 2. The number of aliphatic hydroxyl groups excluding tert-OH is 1. The maximum absolute atomic E-state index is 12.9. The van der Waals surface area contributed by atoms with Crippen LogP contribution in [0.2, 0.25) is 0 Å². The molecule has 2 amide bonds. The number of hydrogen-bond donors (Lipinski definition) is 7. The van der Waals surface area contributed by atoms with Crippen LogP contribution in [-0.2, 0) is 0 Å². The number of carbonyl (C=O) groups is 2. The van der Waals surface area contributed by atoms with Crippen LogP contribution < -0.4 is 30.7 Å². The fourth-order valence-corrected chi connectivity index (χ4v) is 5.81. The highest BCUT2D eigenvalue weighted by atomic mass is 16.5. The summed E-state index contributed by atoms with van der Waals surface area (Å²) in [5, 5.41) is 24.9. The molecule has 0 aliphatic carbocycles. The SMILES string of the molecule is CC(C)(C)NCCCOc1ccccc1C(=O)Nc1cccc2[nH]ccc12.CCC(C)(C)NCC(O)COc1ccccc1C(=O)Nc1cccc2[nH]ccc12. The van der Waals surface area contributed by atoms with Crippen molar-refractivity contribution in [1.29, 1.82) is 0 Å². The third-order valence-corrected chi connectivity index (χ3v) is 9.32. The van der Waals surface area contributed by atoms with Gasteiger partial charge in [0.15, 0.2) is 0 Å². The maximum atomic E-state index is 12.9. The van der Waals surface area contributed by atoms with Crippen LogP contribution in [0.3, 0.4) is 0 Å². The molecule has 4 aromatic carbocycles. The summed E-state index contributed by atoms with van der Waals surface area (Å²) >= 11 is 0. The molecule has 0 aliphatic rings. The second-order valence-electron chi connectivity index (χ2n) is 15.4. The zero-order valence-corrected chi connectivity index (χ0v) is 33.3. The van der Waals surface area contributed by atoms with Crippen molar-refractivity contribution in [2.75, 3.05) is 36.9 Å². The van der Waals surface area contributed by atoms with Crippen molar-refractivity contribution in [3.05, 3.63) is 121 Å². The molecule has 1 unspecified atom stereocenters. The quantitative estimate of drug-likeness (QED) is 0.0489. The van der Waals surface area contributed by atoms with Gasteiger partial charge in [-0.2, -0.15) is 0 Å². The third kappa shape index (κ3) is 11.9. The molecule has 2 aromatic heterocycles. The fourth-order valence-electron chi connectivity index (χ4n) is 5.81. The molecule has 6 aromatic rings. The van der Waals surface area contributed by atoms with Crippen LogP contribution in [0.1, 0.15) is 75.1 Å². The van der Waals surface area contributed by atoms with Crippen LogP contribution in [0.25, 0.3) is 21.8 Å². The fraction of sp³-hybridized carbons (Fsp3) is 0.333. The van der Waals surface area contributed by atoms with Gasteiger partial charge in [-0.25, -0.2) is 0 Å². The summed E-state index contributed by atoms with van der Waals surface area (Å²) in [5.41, 5.74) is 4.47. The van der Waals surface area contributed by atoms with E-state index >= 15 is 0 Å². The van der Waals surface area contributed by atoms with E-state index in [4.69, 9.17) is 9.47 Å². The summed E-state index contributed by atoms with van der Waals surface area (Å²) in [4.78, 5) is 32.0. The van der Waals surface area contributed by atoms with Gasteiger partial charge in [-0.15, -0.1) is 0 Å². The molecule has 0 saturated heterocycles. The van der Waals surface area contributed by atoms with Gasteiger partial charge in [0.1, 0.15) is 24.2 Å². The number of hydrogen-bond acceptors (Lipinski definition) is 7. The molecule has 0 spiro atoms. The average molecular weight is 761 g/mol. The first-order valence-electron chi connectivity index (χ1n) is 19.2. The molecule has 11 heteroatoms. The lowest BCUT2D eigenvalue weighted by Gasteiger charge is -2.26. The van der Waals surface area contributed by atoms with Crippen molar-refractivity contribution in [3.63, 3.8) is 0 Å². The van der Waals surface area contributed by atoms with Crippen LogP contribution in [0.5, 0.6) is 11.5 Å². The molecule has 6 rings (SSSR count). The molecule has 0 bridgehead atoms. The number of nitrogens with one attached hydrogen (secondary N) is 6. The monoisotopic (exact) mass is 760 g/mol. The minimum Gasteiger partial charge on any atom is -0.493 e. The number of amides is 2. The third-order valence-electron chi connectivity index (χ3n) is 9.32. The molecule has 0 aliphatic heterocycles. The number of ether oxygens (including phenoxy) is 2. The zero-order chi connectivity index (χ0) is 40.1. The number of aromatic amines is 2. The Morgan fingerprint density at radius 1 is 0.679 bits per heavy atom. The van der Waals surface area contributed by atoms with Gasteiger partial charge in [0.25, 0.3) is 11.8 Å². The largest absolute Gasteiger partial charge is 0.493 e. The number of para-hydroxylation sites is 2. The Kier molecular flexibility index (Phi) is 14.3. The lowest BCUT2D eigenvalue weighted by atomic mass is 10.0. The number of anilines is 2. The highest BCUT2D eigenvalue weighted by Gasteiger charge is 2.19. The minimum absolute atomic E-state index is 0.0436. The molecule has 11 nitrogen and oxygen atoms in total. The number of H-pyrrole nitrogens is 2. The van der Waals surface area contributed by atoms with Gasteiger partial charge in [0, 0.05) is 51.8 Å². The van der Waals surface area contributed by atoms with E-state index in [0.717, 1.165) is 52.6 Å². The molecule has 2 heterocycles. The Balaban J connectivity index is 0.000000215. The van der Waals surface area contributed by atoms with Crippen molar-refractivity contribution in [2.45, 2.75) is 71.6 Å². The first-order chi connectivity index (χ1) is 26.8.